The first kappa shape index (κ1) is 9.36. The SMILES string of the molecule is N#CC1(NCC2CC2)CCSCC1. The van der Waals surface area contributed by atoms with Gasteiger partial charge >= 0.3 is 0 Å². The van der Waals surface area contributed by atoms with E-state index in [4.69, 9.17) is 5.26 Å². The molecule has 72 valence electrons. The minimum absolute atomic E-state index is 0.173. The highest BCUT2D eigenvalue weighted by Crippen LogP contribution is 2.31. The van der Waals surface area contributed by atoms with Crippen molar-refractivity contribution in [3.05, 3.63) is 0 Å². The normalized spacial score (nSPS) is 26.7. The average Bonchev–Trinajstić information content (AvgIpc) is 3.00. The summed E-state index contributed by atoms with van der Waals surface area (Å²) in [7, 11) is 0. The van der Waals surface area contributed by atoms with Crippen LogP contribution in [0.4, 0.5) is 0 Å². The Balaban J connectivity index is 1.85. The third-order valence-electron chi connectivity index (χ3n) is 2.99. The highest BCUT2D eigenvalue weighted by molar-refractivity contribution is 7.99. The molecule has 2 fully saturated rings. The van der Waals surface area contributed by atoms with Gasteiger partial charge < -0.3 is 0 Å². The smallest absolute Gasteiger partial charge is 0.108 e. The van der Waals surface area contributed by atoms with Crippen molar-refractivity contribution >= 4 is 11.8 Å². The lowest BCUT2D eigenvalue weighted by Crippen LogP contribution is -2.47. The first-order valence-electron chi connectivity index (χ1n) is 5.09. The lowest BCUT2D eigenvalue weighted by molar-refractivity contribution is 0.378. The fourth-order valence-corrected chi connectivity index (χ4v) is 2.90. The fraction of sp³-hybridized carbons (Fsp3) is 0.900. The molecular formula is C10H16N2S. The van der Waals surface area contributed by atoms with Gasteiger partial charge in [0.05, 0.1) is 6.07 Å². The van der Waals surface area contributed by atoms with Crippen LogP contribution in [0.5, 0.6) is 0 Å². The standard InChI is InChI=1S/C10H16N2S/c11-8-10(3-5-13-6-4-10)12-7-9-1-2-9/h9,12H,1-7H2. The number of thioether (sulfide) groups is 1. The number of hydrogen-bond donors (Lipinski definition) is 1. The highest BCUT2D eigenvalue weighted by Gasteiger charge is 2.33. The van der Waals surface area contributed by atoms with Crippen LogP contribution in [0, 0.1) is 17.2 Å². The Hall–Kier alpha value is -0.200. The molecule has 0 amide bonds. The molecular weight excluding hydrogens is 180 g/mol. The molecule has 13 heavy (non-hydrogen) atoms. The van der Waals surface area contributed by atoms with E-state index in [0.29, 0.717) is 0 Å². The highest BCUT2D eigenvalue weighted by atomic mass is 32.2. The number of nitrogens with zero attached hydrogens (tertiary/aromatic N) is 1. The predicted octanol–water partition coefficient (Wildman–Crippen LogP) is 1.78. The summed E-state index contributed by atoms with van der Waals surface area (Å²) in [6, 6.07) is 2.48. The number of rotatable bonds is 3. The fourth-order valence-electron chi connectivity index (χ4n) is 1.71. The quantitative estimate of drug-likeness (QED) is 0.747. The first-order chi connectivity index (χ1) is 6.35. The van der Waals surface area contributed by atoms with Crippen molar-refractivity contribution in [1.29, 1.82) is 5.26 Å². The van der Waals surface area contributed by atoms with Gasteiger partial charge in [-0.2, -0.15) is 17.0 Å². The van der Waals surface area contributed by atoms with Crippen LogP contribution >= 0.6 is 11.8 Å². The second kappa shape index (κ2) is 3.89. The summed E-state index contributed by atoms with van der Waals surface area (Å²) >= 11 is 1.97. The van der Waals surface area contributed by atoms with Crippen LogP contribution in [-0.2, 0) is 0 Å². The minimum Gasteiger partial charge on any atom is -0.299 e. The molecule has 0 unspecified atom stereocenters. The van der Waals surface area contributed by atoms with Gasteiger partial charge in [-0.05, 0) is 49.7 Å². The maximum Gasteiger partial charge on any atom is 0.108 e. The van der Waals surface area contributed by atoms with Crippen LogP contribution in [0.2, 0.25) is 0 Å². The van der Waals surface area contributed by atoms with Crippen molar-refractivity contribution in [1.82, 2.24) is 5.32 Å². The molecule has 2 nitrogen and oxygen atoms in total. The molecule has 0 radical (unpaired) electrons. The molecule has 1 N–H and O–H groups in total. The van der Waals surface area contributed by atoms with Crippen LogP contribution in [0.15, 0.2) is 0 Å². The Morgan fingerprint density at radius 2 is 2.08 bits per heavy atom. The van der Waals surface area contributed by atoms with Crippen molar-refractivity contribution in [2.45, 2.75) is 31.2 Å². The summed E-state index contributed by atoms with van der Waals surface area (Å²) in [4.78, 5) is 0. The summed E-state index contributed by atoms with van der Waals surface area (Å²) < 4.78 is 0. The first-order valence-corrected chi connectivity index (χ1v) is 6.24. The maximum absolute atomic E-state index is 9.15. The summed E-state index contributed by atoms with van der Waals surface area (Å²) in [6.07, 6.45) is 4.79. The summed E-state index contributed by atoms with van der Waals surface area (Å²) in [6.45, 7) is 1.07. The molecule has 1 saturated heterocycles. The van der Waals surface area contributed by atoms with E-state index in [-0.39, 0.29) is 5.54 Å². The third kappa shape index (κ3) is 2.38. The summed E-state index contributed by atoms with van der Waals surface area (Å²) in [5.41, 5.74) is -0.173. The van der Waals surface area contributed by atoms with Gasteiger partial charge in [0.1, 0.15) is 5.54 Å². The van der Waals surface area contributed by atoms with E-state index in [1.54, 1.807) is 0 Å². The van der Waals surface area contributed by atoms with Crippen LogP contribution in [0.3, 0.4) is 0 Å². The van der Waals surface area contributed by atoms with E-state index in [1.165, 1.54) is 12.8 Å². The molecule has 2 rings (SSSR count). The predicted molar refractivity (Wildman–Crippen MR) is 55.6 cm³/mol. The largest absolute Gasteiger partial charge is 0.299 e. The van der Waals surface area contributed by atoms with E-state index in [0.717, 1.165) is 36.8 Å². The van der Waals surface area contributed by atoms with Gasteiger partial charge in [-0.3, -0.25) is 5.32 Å². The molecule has 0 aromatic heterocycles. The number of hydrogen-bond acceptors (Lipinski definition) is 3. The van der Waals surface area contributed by atoms with Crippen LogP contribution in [-0.4, -0.2) is 23.6 Å². The lowest BCUT2D eigenvalue weighted by atomic mass is 9.94. The van der Waals surface area contributed by atoms with E-state index >= 15 is 0 Å². The van der Waals surface area contributed by atoms with E-state index in [2.05, 4.69) is 11.4 Å². The molecule has 1 heterocycles. The minimum atomic E-state index is -0.173. The zero-order valence-corrected chi connectivity index (χ0v) is 8.70. The number of nitrogens with one attached hydrogen (secondary N) is 1. The molecule has 1 aliphatic carbocycles. The lowest BCUT2D eigenvalue weighted by Gasteiger charge is -2.31. The third-order valence-corrected chi connectivity index (χ3v) is 3.97. The second-order valence-corrected chi connectivity index (χ2v) is 5.36. The van der Waals surface area contributed by atoms with Crippen molar-refractivity contribution in [3.8, 4) is 6.07 Å². The molecule has 0 spiro atoms. The molecule has 1 aliphatic heterocycles. The van der Waals surface area contributed by atoms with Crippen LogP contribution < -0.4 is 5.32 Å². The van der Waals surface area contributed by atoms with Crippen molar-refractivity contribution in [2.75, 3.05) is 18.1 Å². The van der Waals surface area contributed by atoms with Gasteiger partial charge in [-0.25, -0.2) is 0 Å². The van der Waals surface area contributed by atoms with Crippen molar-refractivity contribution < 1.29 is 0 Å². The molecule has 0 aromatic carbocycles. The van der Waals surface area contributed by atoms with Gasteiger partial charge in [-0.1, -0.05) is 0 Å². The average molecular weight is 196 g/mol. The van der Waals surface area contributed by atoms with Crippen molar-refractivity contribution in [3.63, 3.8) is 0 Å². The second-order valence-electron chi connectivity index (χ2n) is 4.13. The van der Waals surface area contributed by atoms with Crippen LogP contribution in [0.25, 0.3) is 0 Å². The molecule has 1 saturated carbocycles. The summed E-state index contributed by atoms with van der Waals surface area (Å²) in [5.74, 6) is 3.16. The number of nitriles is 1. The zero-order valence-electron chi connectivity index (χ0n) is 7.88. The van der Waals surface area contributed by atoms with Gasteiger partial charge in [0, 0.05) is 0 Å². The Bertz CT molecular complexity index is 211. The van der Waals surface area contributed by atoms with E-state index < -0.39 is 0 Å². The molecule has 2 aliphatic rings. The van der Waals surface area contributed by atoms with Gasteiger partial charge in [-0.15, -0.1) is 0 Å². The molecule has 0 aromatic rings. The van der Waals surface area contributed by atoms with Gasteiger partial charge in [0.25, 0.3) is 0 Å². The topological polar surface area (TPSA) is 35.8 Å². The van der Waals surface area contributed by atoms with Gasteiger partial charge in [0.2, 0.25) is 0 Å². The van der Waals surface area contributed by atoms with Crippen LogP contribution in [0.1, 0.15) is 25.7 Å². The van der Waals surface area contributed by atoms with Crippen molar-refractivity contribution in [2.24, 2.45) is 5.92 Å². The van der Waals surface area contributed by atoms with Gasteiger partial charge in [0.15, 0.2) is 0 Å². The Labute approximate surface area is 84.1 Å². The molecule has 0 bridgehead atoms. The maximum atomic E-state index is 9.15. The van der Waals surface area contributed by atoms with E-state index in [9.17, 15) is 0 Å². The Morgan fingerprint density at radius 3 is 2.62 bits per heavy atom. The summed E-state index contributed by atoms with van der Waals surface area (Å²) in [5, 5.41) is 12.6. The van der Waals surface area contributed by atoms with E-state index in [1.807, 2.05) is 11.8 Å². The Kier molecular flexibility index (Phi) is 2.80. The molecule has 3 heteroatoms. The zero-order chi connectivity index (χ0) is 9.15. The molecule has 0 atom stereocenters. The monoisotopic (exact) mass is 196 g/mol. The Morgan fingerprint density at radius 1 is 1.38 bits per heavy atom.